The Morgan fingerprint density at radius 3 is 2.19 bits per heavy atom. The van der Waals surface area contributed by atoms with Gasteiger partial charge in [0.2, 0.25) is 0 Å². The molecule has 16 heavy (non-hydrogen) atoms. The number of ether oxygens (including phenoxy) is 1. The van der Waals surface area contributed by atoms with E-state index in [2.05, 4.69) is 46.6 Å². The van der Waals surface area contributed by atoms with Gasteiger partial charge in [0.05, 0.1) is 26.6 Å². The van der Waals surface area contributed by atoms with Gasteiger partial charge in [-0.3, -0.25) is 0 Å². The molecule has 0 aromatic carbocycles. The molecule has 1 rings (SSSR count). The second-order valence-corrected chi connectivity index (χ2v) is 5.70. The van der Waals surface area contributed by atoms with Crippen molar-refractivity contribution in [2.45, 2.75) is 51.9 Å². The molecule has 2 nitrogen and oxygen atoms in total. The smallest absolute Gasteiger partial charge is 0.0833 e. The highest BCUT2D eigenvalue weighted by Gasteiger charge is 2.39. The Labute approximate surface area is 101 Å². The lowest BCUT2D eigenvalue weighted by atomic mass is 9.66. The van der Waals surface area contributed by atoms with Crippen molar-refractivity contribution in [1.29, 1.82) is 0 Å². The number of hydrogen-bond donors (Lipinski definition) is 0. The molecule has 0 N–H and O–H groups in total. The summed E-state index contributed by atoms with van der Waals surface area (Å²) in [5.41, 5.74) is 2.77. The first-order chi connectivity index (χ1) is 7.22. The Morgan fingerprint density at radius 2 is 1.94 bits per heavy atom. The molecule has 1 heterocycles. The first kappa shape index (κ1) is 13.6. The van der Waals surface area contributed by atoms with Crippen LogP contribution in [0.25, 0.3) is 0 Å². The lowest BCUT2D eigenvalue weighted by Gasteiger charge is -2.48. The van der Waals surface area contributed by atoms with Gasteiger partial charge in [-0.05, 0) is 25.6 Å². The Morgan fingerprint density at radius 1 is 1.44 bits per heavy atom. The van der Waals surface area contributed by atoms with E-state index in [1.54, 1.807) is 0 Å². The first-order valence-electron chi connectivity index (χ1n) is 6.03. The maximum atomic E-state index is 6.18. The van der Waals surface area contributed by atoms with E-state index in [1.165, 1.54) is 11.3 Å². The van der Waals surface area contributed by atoms with Crippen LogP contribution in [-0.2, 0) is 4.74 Å². The van der Waals surface area contributed by atoms with Gasteiger partial charge in [0, 0.05) is 12.7 Å². The average Bonchev–Trinajstić information content (AvgIpc) is 2.13. The molecule has 2 radical (unpaired) electrons. The quantitative estimate of drug-likeness (QED) is 0.677. The molecule has 0 aliphatic carbocycles. The third-order valence-electron chi connectivity index (χ3n) is 3.77. The number of allylic oxidation sites excluding steroid dienone is 2. The number of likely N-dealkylation sites (N-methyl/N-ethyl adjacent to an activating group) is 1. The second-order valence-electron chi connectivity index (χ2n) is 5.70. The molecule has 0 aromatic rings. The van der Waals surface area contributed by atoms with E-state index in [9.17, 15) is 0 Å². The summed E-state index contributed by atoms with van der Waals surface area (Å²) in [4.78, 5) is 2.35. The lowest BCUT2D eigenvalue weighted by molar-refractivity contribution is -0.111. The minimum Gasteiger partial charge on any atom is -0.376 e. The molecular weight excluding hydrogens is 197 g/mol. The van der Waals surface area contributed by atoms with E-state index < -0.39 is 0 Å². The predicted molar refractivity (Wildman–Crippen MR) is 69.8 cm³/mol. The van der Waals surface area contributed by atoms with Crippen molar-refractivity contribution in [1.82, 2.24) is 4.90 Å². The van der Waals surface area contributed by atoms with Gasteiger partial charge in [-0.15, -0.1) is 0 Å². The minimum absolute atomic E-state index is 0.151. The van der Waals surface area contributed by atoms with Crippen LogP contribution in [0.5, 0.6) is 0 Å². The third kappa shape index (κ3) is 2.45. The SMILES string of the molecule is [B]C(C)(C)/C(C)=C(\CC)N(C)C1(C)COC1. The van der Waals surface area contributed by atoms with E-state index in [0.29, 0.717) is 0 Å². The standard InChI is InChI=1S/C13H24BNO/c1-7-11(10(2)12(3,4)14)15(6)13(5)8-16-9-13/h7-9H2,1-6H3/b11-10+. The second kappa shape index (κ2) is 4.44. The highest BCUT2D eigenvalue weighted by atomic mass is 16.5. The monoisotopic (exact) mass is 221 g/mol. The molecule has 1 aliphatic heterocycles. The van der Waals surface area contributed by atoms with Crippen molar-refractivity contribution >= 4 is 7.85 Å². The average molecular weight is 221 g/mol. The van der Waals surface area contributed by atoms with Crippen LogP contribution in [0.4, 0.5) is 0 Å². The molecule has 0 unspecified atom stereocenters. The van der Waals surface area contributed by atoms with Crippen molar-refractivity contribution in [2.75, 3.05) is 20.3 Å². The summed E-state index contributed by atoms with van der Waals surface area (Å²) in [5, 5.41) is -0.249. The predicted octanol–water partition coefficient (Wildman–Crippen LogP) is 2.76. The van der Waals surface area contributed by atoms with Crippen LogP contribution in [0.3, 0.4) is 0 Å². The summed E-state index contributed by atoms with van der Waals surface area (Å²) in [6.45, 7) is 12.3. The van der Waals surface area contributed by atoms with Gasteiger partial charge in [-0.2, -0.15) is 0 Å². The molecule has 1 fully saturated rings. The Hall–Kier alpha value is -0.435. The van der Waals surface area contributed by atoms with E-state index >= 15 is 0 Å². The van der Waals surface area contributed by atoms with Crippen LogP contribution in [0.1, 0.15) is 41.0 Å². The highest BCUT2D eigenvalue weighted by Crippen LogP contribution is 2.37. The van der Waals surface area contributed by atoms with E-state index in [-0.39, 0.29) is 10.9 Å². The van der Waals surface area contributed by atoms with Gasteiger partial charge in [0.15, 0.2) is 0 Å². The molecule has 0 aromatic heterocycles. The van der Waals surface area contributed by atoms with Gasteiger partial charge >= 0.3 is 0 Å². The van der Waals surface area contributed by atoms with Crippen molar-refractivity contribution in [3.05, 3.63) is 11.3 Å². The van der Waals surface area contributed by atoms with Gasteiger partial charge in [-0.1, -0.05) is 26.3 Å². The van der Waals surface area contributed by atoms with Crippen molar-refractivity contribution in [2.24, 2.45) is 0 Å². The largest absolute Gasteiger partial charge is 0.376 e. The molecule has 0 saturated carbocycles. The van der Waals surface area contributed by atoms with E-state index in [1.807, 2.05) is 0 Å². The maximum Gasteiger partial charge on any atom is 0.0833 e. The highest BCUT2D eigenvalue weighted by molar-refractivity contribution is 6.16. The number of nitrogens with zero attached hydrogens (tertiary/aromatic N) is 1. The van der Waals surface area contributed by atoms with Crippen LogP contribution in [0.15, 0.2) is 11.3 Å². The molecule has 1 saturated heterocycles. The molecule has 0 atom stereocenters. The van der Waals surface area contributed by atoms with Crippen molar-refractivity contribution in [3.63, 3.8) is 0 Å². The Balaban J connectivity index is 2.98. The summed E-state index contributed by atoms with van der Waals surface area (Å²) in [6, 6.07) is 0. The van der Waals surface area contributed by atoms with E-state index in [4.69, 9.17) is 12.6 Å². The van der Waals surface area contributed by atoms with Gasteiger partial charge < -0.3 is 9.64 Å². The fourth-order valence-corrected chi connectivity index (χ4v) is 2.04. The van der Waals surface area contributed by atoms with Gasteiger partial charge in [-0.25, -0.2) is 0 Å². The van der Waals surface area contributed by atoms with E-state index in [0.717, 1.165) is 19.6 Å². The molecule has 0 spiro atoms. The topological polar surface area (TPSA) is 12.5 Å². The van der Waals surface area contributed by atoms with Crippen LogP contribution >= 0.6 is 0 Å². The zero-order valence-electron chi connectivity index (χ0n) is 11.6. The van der Waals surface area contributed by atoms with Crippen molar-refractivity contribution < 1.29 is 4.74 Å². The molecule has 1 aliphatic rings. The number of rotatable bonds is 4. The molecule has 90 valence electrons. The normalized spacial score (nSPS) is 21.1. The van der Waals surface area contributed by atoms with Gasteiger partial charge in [0.1, 0.15) is 0 Å². The Kier molecular flexibility index (Phi) is 3.78. The van der Waals surface area contributed by atoms with Crippen LogP contribution in [0.2, 0.25) is 5.31 Å². The maximum absolute atomic E-state index is 6.18. The van der Waals surface area contributed by atoms with Gasteiger partial charge in [0.25, 0.3) is 0 Å². The molecular formula is C13H24BNO. The molecule has 3 heteroatoms. The fourth-order valence-electron chi connectivity index (χ4n) is 2.04. The minimum atomic E-state index is -0.249. The summed E-state index contributed by atoms with van der Waals surface area (Å²) < 4.78 is 5.32. The lowest BCUT2D eigenvalue weighted by Crippen LogP contribution is -2.58. The summed E-state index contributed by atoms with van der Waals surface area (Å²) in [5.74, 6) is 0. The number of hydrogen-bond acceptors (Lipinski definition) is 2. The first-order valence-corrected chi connectivity index (χ1v) is 6.03. The third-order valence-corrected chi connectivity index (χ3v) is 3.77. The van der Waals surface area contributed by atoms with Crippen LogP contribution in [0, 0.1) is 0 Å². The zero-order valence-corrected chi connectivity index (χ0v) is 11.6. The van der Waals surface area contributed by atoms with Crippen LogP contribution in [-0.4, -0.2) is 38.5 Å². The summed E-state index contributed by atoms with van der Waals surface area (Å²) >= 11 is 0. The Bertz CT molecular complexity index is 287. The fraction of sp³-hybridized carbons (Fsp3) is 0.846. The summed E-state index contributed by atoms with van der Waals surface area (Å²) in [7, 11) is 8.33. The molecule has 0 amide bonds. The zero-order chi connectivity index (χ0) is 12.6. The molecule has 0 bridgehead atoms. The van der Waals surface area contributed by atoms with Crippen molar-refractivity contribution in [3.8, 4) is 0 Å². The summed E-state index contributed by atoms with van der Waals surface area (Å²) in [6.07, 6.45) is 1.01. The van der Waals surface area contributed by atoms with Crippen LogP contribution < -0.4 is 0 Å².